The molecule has 0 radical (unpaired) electrons. The van der Waals surface area contributed by atoms with E-state index in [1.54, 1.807) is 0 Å². The number of hydrogen-bond donors (Lipinski definition) is 3. The zero-order valence-electron chi connectivity index (χ0n) is 15.2. The van der Waals surface area contributed by atoms with Crippen LogP contribution in [0.4, 0.5) is 0 Å². The average Bonchev–Trinajstić information content (AvgIpc) is 2.36. The van der Waals surface area contributed by atoms with Gasteiger partial charge in [-0.3, -0.25) is 0 Å². The first-order valence-electron chi connectivity index (χ1n) is 8.05. The standard InChI is InChI=1S/C16H35O5P/c1-8-14(3,4)12-16(7,15(5,6)9-2)13(17)21-10-11-22(18,19)20/h18-20,22H,8-12H2,1-7H3. The molecule has 6 heteroatoms. The average molecular weight is 338 g/mol. The van der Waals surface area contributed by atoms with Crippen LogP contribution in [0.3, 0.4) is 0 Å². The predicted molar refractivity (Wildman–Crippen MR) is 91.7 cm³/mol. The molecule has 0 heterocycles. The van der Waals surface area contributed by atoms with Crippen LogP contribution in [0.2, 0.25) is 0 Å². The van der Waals surface area contributed by atoms with E-state index in [0.29, 0.717) is 6.42 Å². The van der Waals surface area contributed by atoms with Gasteiger partial charge < -0.3 is 0 Å². The van der Waals surface area contributed by atoms with Gasteiger partial charge in [0.25, 0.3) is 0 Å². The first-order valence-corrected chi connectivity index (χ1v) is 10.1. The van der Waals surface area contributed by atoms with Crippen LogP contribution in [0.15, 0.2) is 0 Å². The first-order chi connectivity index (χ1) is 9.71. The summed E-state index contributed by atoms with van der Waals surface area (Å²) in [4.78, 5) is 39.8. The van der Waals surface area contributed by atoms with Gasteiger partial charge in [-0.2, -0.15) is 0 Å². The Bertz CT molecular complexity index is 373. The van der Waals surface area contributed by atoms with Crippen molar-refractivity contribution in [1.82, 2.24) is 0 Å². The Labute approximate surface area is 135 Å². The SMILES string of the molecule is CCC(C)(C)CC(C)(C(=O)OCC[PH](O)(O)O)C(C)(C)CC. The molecule has 0 bridgehead atoms. The molecule has 0 saturated heterocycles. The second-order valence-electron chi connectivity index (χ2n) is 7.92. The summed E-state index contributed by atoms with van der Waals surface area (Å²) in [5, 5.41) is 0. The van der Waals surface area contributed by atoms with E-state index >= 15 is 0 Å². The van der Waals surface area contributed by atoms with Gasteiger partial charge in [0.05, 0.1) is 0 Å². The number of carbonyl (C=O) groups excluding carboxylic acids is 1. The molecule has 0 rings (SSSR count). The normalized spacial score (nSPS) is 17.0. The minimum atomic E-state index is -4.17. The molecule has 0 aliphatic carbocycles. The number of hydrogen-bond acceptors (Lipinski definition) is 5. The third kappa shape index (κ3) is 6.11. The Kier molecular flexibility index (Phi) is 7.49. The maximum atomic E-state index is 12.7. The van der Waals surface area contributed by atoms with Crippen LogP contribution in [0.1, 0.15) is 67.7 Å². The molecule has 1 atom stereocenters. The van der Waals surface area contributed by atoms with Gasteiger partial charge in [-0.05, 0) is 0 Å². The molecule has 0 saturated carbocycles. The molecule has 0 aliphatic heterocycles. The molecule has 0 aliphatic rings. The molecule has 0 aromatic rings. The molecule has 22 heavy (non-hydrogen) atoms. The maximum absolute atomic E-state index is 12.7. The van der Waals surface area contributed by atoms with E-state index in [1.807, 2.05) is 6.92 Å². The van der Waals surface area contributed by atoms with Crippen LogP contribution in [0.5, 0.6) is 0 Å². The third-order valence-electron chi connectivity index (χ3n) is 5.29. The summed E-state index contributed by atoms with van der Waals surface area (Å²) in [6, 6.07) is 0. The van der Waals surface area contributed by atoms with Gasteiger partial charge in [-0.25, -0.2) is 0 Å². The molecule has 3 N–H and O–H groups in total. The van der Waals surface area contributed by atoms with Gasteiger partial charge in [-0.15, -0.1) is 0 Å². The van der Waals surface area contributed by atoms with Gasteiger partial charge in [0, 0.05) is 0 Å². The molecule has 134 valence electrons. The van der Waals surface area contributed by atoms with E-state index in [2.05, 4.69) is 41.5 Å². The van der Waals surface area contributed by atoms with Crippen molar-refractivity contribution in [3.05, 3.63) is 0 Å². The minimum absolute atomic E-state index is 0.00362. The molecular weight excluding hydrogens is 303 g/mol. The summed E-state index contributed by atoms with van der Waals surface area (Å²) in [5.41, 5.74) is -0.918. The summed E-state index contributed by atoms with van der Waals surface area (Å²) in [7, 11) is -4.17. The number of esters is 1. The molecule has 0 spiro atoms. The fraction of sp³-hybridized carbons (Fsp3) is 0.938. The molecule has 0 aromatic carbocycles. The Balaban J connectivity index is 5.21. The number of rotatable bonds is 9. The summed E-state index contributed by atoms with van der Waals surface area (Å²) in [5.74, 6) is -0.334. The second-order valence-corrected chi connectivity index (χ2v) is 9.97. The quantitative estimate of drug-likeness (QED) is 0.444. The van der Waals surface area contributed by atoms with Gasteiger partial charge in [-0.1, -0.05) is 0 Å². The summed E-state index contributed by atoms with van der Waals surface area (Å²) >= 11 is 0. The second kappa shape index (κ2) is 7.57. The first kappa shape index (κ1) is 21.8. The predicted octanol–water partition coefficient (Wildman–Crippen LogP) is 3.27. The Morgan fingerprint density at radius 3 is 1.86 bits per heavy atom. The summed E-state index contributed by atoms with van der Waals surface area (Å²) < 4.78 is 5.28. The van der Waals surface area contributed by atoms with E-state index in [9.17, 15) is 4.79 Å². The molecule has 0 amide bonds. The van der Waals surface area contributed by atoms with E-state index in [4.69, 9.17) is 19.4 Å². The van der Waals surface area contributed by atoms with E-state index in [1.165, 1.54) is 0 Å². The van der Waals surface area contributed by atoms with Crippen molar-refractivity contribution in [2.75, 3.05) is 12.8 Å². The summed E-state index contributed by atoms with van der Waals surface area (Å²) in [6.07, 6.45) is 2.18. The van der Waals surface area contributed by atoms with Crippen molar-refractivity contribution in [1.29, 1.82) is 0 Å². The molecule has 1 unspecified atom stereocenters. The Morgan fingerprint density at radius 2 is 1.50 bits per heavy atom. The number of ether oxygens (including phenoxy) is 1. The van der Waals surface area contributed by atoms with Crippen LogP contribution >= 0.6 is 7.94 Å². The van der Waals surface area contributed by atoms with Crippen LogP contribution in [0, 0.1) is 16.2 Å². The van der Waals surface area contributed by atoms with Crippen molar-refractivity contribution in [3.63, 3.8) is 0 Å². The van der Waals surface area contributed by atoms with Gasteiger partial charge >= 0.3 is 135 Å². The van der Waals surface area contributed by atoms with Crippen molar-refractivity contribution < 1.29 is 24.2 Å². The van der Waals surface area contributed by atoms with Crippen molar-refractivity contribution in [2.45, 2.75) is 67.7 Å². The van der Waals surface area contributed by atoms with E-state index < -0.39 is 13.4 Å². The summed E-state index contributed by atoms with van der Waals surface area (Å²) in [6.45, 7) is 14.3. The molecule has 5 nitrogen and oxygen atoms in total. The van der Waals surface area contributed by atoms with Crippen molar-refractivity contribution >= 4 is 13.9 Å². The molecule has 0 fully saturated rings. The zero-order valence-corrected chi connectivity index (χ0v) is 16.2. The van der Waals surface area contributed by atoms with Crippen molar-refractivity contribution in [2.24, 2.45) is 16.2 Å². The van der Waals surface area contributed by atoms with Crippen LogP contribution in [0.25, 0.3) is 0 Å². The van der Waals surface area contributed by atoms with Gasteiger partial charge in [0.15, 0.2) is 0 Å². The van der Waals surface area contributed by atoms with Crippen LogP contribution in [-0.4, -0.2) is 33.4 Å². The Hall–Kier alpha value is -0.220. The monoisotopic (exact) mass is 338 g/mol. The number of carbonyl (C=O) groups is 1. The third-order valence-corrected chi connectivity index (χ3v) is 6.16. The van der Waals surface area contributed by atoms with Gasteiger partial charge in [0.2, 0.25) is 0 Å². The molecule has 0 aromatic heterocycles. The van der Waals surface area contributed by atoms with E-state index in [-0.39, 0.29) is 29.6 Å². The Morgan fingerprint density at radius 1 is 1.00 bits per heavy atom. The van der Waals surface area contributed by atoms with Crippen LogP contribution < -0.4 is 0 Å². The zero-order chi connectivity index (χ0) is 17.8. The molecular formula is C16H35O5P. The fourth-order valence-electron chi connectivity index (χ4n) is 2.50. The fourth-order valence-corrected chi connectivity index (χ4v) is 2.88. The van der Waals surface area contributed by atoms with Gasteiger partial charge in [0.1, 0.15) is 0 Å². The van der Waals surface area contributed by atoms with E-state index in [0.717, 1.165) is 12.8 Å². The van der Waals surface area contributed by atoms with Crippen molar-refractivity contribution in [3.8, 4) is 0 Å². The topological polar surface area (TPSA) is 87.0 Å². The van der Waals surface area contributed by atoms with Crippen LogP contribution in [-0.2, 0) is 9.53 Å².